The van der Waals surface area contributed by atoms with Crippen LogP contribution in [0.4, 0.5) is 8.78 Å². The molecule has 3 nitrogen and oxygen atoms in total. The number of alkyl halides is 2. The minimum Gasteiger partial charge on any atom is -0.379 e. The lowest BCUT2D eigenvalue weighted by molar-refractivity contribution is -0.145. The number of hydrogen-bond acceptors (Lipinski definition) is 2. The molecule has 1 heterocycles. The second kappa shape index (κ2) is 5.08. The summed E-state index contributed by atoms with van der Waals surface area (Å²) < 4.78 is 30.7. The number of amides is 1. The molecule has 2 atom stereocenters. The second-order valence-corrected chi connectivity index (χ2v) is 4.74. The molecule has 0 spiro atoms. The third-order valence-corrected chi connectivity index (χ3v) is 2.98. The van der Waals surface area contributed by atoms with Crippen LogP contribution in [0.1, 0.15) is 27.2 Å². The zero-order valence-corrected chi connectivity index (χ0v) is 9.93. The Labute approximate surface area is 94.5 Å². The van der Waals surface area contributed by atoms with Crippen molar-refractivity contribution < 1.29 is 18.3 Å². The molecule has 0 aromatic heterocycles. The summed E-state index contributed by atoms with van der Waals surface area (Å²) in [5.74, 6) is -3.98. The standard InChI is InChI=1S/C11H19F2NO2/c1-7(2)8-4-5-16-6-9(8)14-10(15)11(3,12)13/h7-9H,4-6H2,1-3H3,(H,14,15)/t8-,9+/m0/s1. The number of halogens is 2. The highest BCUT2D eigenvalue weighted by Crippen LogP contribution is 2.24. The van der Waals surface area contributed by atoms with Gasteiger partial charge in [0.25, 0.3) is 5.91 Å². The fourth-order valence-corrected chi connectivity index (χ4v) is 2.00. The lowest BCUT2D eigenvalue weighted by Gasteiger charge is -2.35. The van der Waals surface area contributed by atoms with Crippen molar-refractivity contribution in [1.29, 1.82) is 0 Å². The van der Waals surface area contributed by atoms with Crippen LogP contribution >= 0.6 is 0 Å². The SMILES string of the molecule is CC(C)[C@@H]1CCOC[C@H]1NC(=O)C(C)(F)F. The van der Waals surface area contributed by atoms with E-state index < -0.39 is 11.8 Å². The first-order valence-corrected chi connectivity index (χ1v) is 5.59. The summed E-state index contributed by atoms with van der Waals surface area (Å²) in [4.78, 5) is 11.2. The number of carbonyl (C=O) groups excluding carboxylic acids is 1. The highest BCUT2D eigenvalue weighted by Gasteiger charge is 2.37. The molecule has 1 aliphatic heterocycles. The summed E-state index contributed by atoms with van der Waals surface area (Å²) in [7, 11) is 0. The summed E-state index contributed by atoms with van der Waals surface area (Å²) >= 11 is 0. The van der Waals surface area contributed by atoms with E-state index in [0.29, 0.717) is 26.1 Å². The molecule has 0 aromatic rings. The summed E-state index contributed by atoms with van der Waals surface area (Å²) in [6.07, 6.45) is 0.803. The van der Waals surface area contributed by atoms with Gasteiger partial charge >= 0.3 is 5.92 Å². The summed E-state index contributed by atoms with van der Waals surface area (Å²) in [6, 6.07) is -0.299. The average molecular weight is 235 g/mol. The van der Waals surface area contributed by atoms with Crippen LogP contribution in [0.5, 0.6) is 0 Å². The van der Waals surface area contributed by atoms with Crippen LogP contribution in [-0.4, -0.2) is 31.1 Å². The van der Waals surface area contributed by atoms with Gasteiger partial charge in [-0.1, -0.05) is 13.8 Å². The first-order chi connectivity index (χ1) is 7.32. The first-order valence-electron chi connectivity index (χ1n) is 5.59. The maximum absolute atomic E-state index is 12.7. The normalized spacial score (nSPS) is 26.9. The average Bonchev–Trinajstić information content (AvgIpc) is 2.16. The topological polar surface area (TPSA) is 38.3 Å². The Kier molecular flexibility index (Phi) is 4.24. The maximum atomic E-state index is 12.7. The molecule has 1 amide bonds. The van der Waals surface area contributed by atoms with E-state index in [1.54, 1.807) is 0 Å². The van der Waals surface area contributed by atoms with Gasteiger partial charge in [0.1, 0.15) is 0 Å². The molecule has 5 heteroatoms. The summed E-state index contributed by atoms with van der Waals surface area (Å²) in [5.41, 5.74) is 0. The Bertz CT molecular complexity index is 251. The van der Waals surface area contributed by atoms with Gasteiger partial charge in [0.2, 0.25) is 0 Å². The molecule has 0 saturated carbocycles. The van der Waals surface area contributed by atoms with E-state index in [1.807, 2.05) is 13.8 Å². The Hall–Kier alpha value is -0.710. The molecular formula is C11H19F2NO2. The lowest BCUT2D eigenvalue weighted by Crippen LogP contribution is -2.52. The molecular weight excluding hydrogens is 216 g/mol. The fourth-order valence-electron chi connectivity index (χ4n) is 2.00. The second-order valence-electron chi connectivity index (χ2n) is 4.74. The molecule has 16 heavy (non-hydrogen) atoms. The lowest BCUT2D eigenvalue weighted by atomic mass is 9.84. The molecule has 94 valence electrons. The van der Waals surface area contributed by atoms with Crippen molar-refractivity contribution in [2.45, 2.75) is 39.2 Å². The zero-order chi connectivity index (χ0) is 12.3. The maximum Gasteiger partial charge on any atom is 0.321 e. The molecule has 1 fully saturated rings. The monoisotopic (exact) mass is 235 g/mol. The van der Waals surface area contributed by atoms with Crippen LogP contribution in [0.2, 0.25) is 0 Å². The van der Waals surface area contributed by atoms with E-state index in [0.717, 1.165) is 6.42 Å². The molecule has 1 saturated heterocycles. The van der Waals surface area contributed by atoms with Crippen LogP contribution in [-0.2, 0) is 9.53 Å². The molecule has 1 N–H and O–H groups in total. The third-order valence-electron chi connectivity index (χ3n) is 2.98. The molecule has 0 unspecified atom stereocenters. The number of ether oxygens (including phenoxy) is 1. The van der Waals surface area contributed by atoms with Gasteiger partial charge in [-0.2, -0.15) is 8.78 Å². The minimum atomic E-state index is -3.32. The molecule has 0 radical (unpaired) electrons. The van der Waals surface area contributed by atoms with E-state index in [1.165, 1.54) is 0 Å². The molecule has 1 rings (SSSR count). The van der Waals surface area contributed by atoms with Gasteiger partial charge in [-0.3, -0.25) is 4.79 Å². The predicted octanol–water partition coefficient (Wildman–Crippen LogP) is 1.82. The van der Waals surface area contributed by atoms with Crippen molar-refractivity contribution in [3.8, 4) is 0 Å². The van der Waals surface area contributed by atoms with Gasteiger partial charge in [-0.05, 0) is 18.3 Å². The van der Waals surface area contributed by atoms with Crippen molar-refractivity contribution in [1.82, 2.24) is 5.32 Å². The third kappa shape index (κ3) is 3.40. The van der Waals surface area contributed by atoms with Gasteiger partial charge in [0.05, 0.1) is 12.6 Å². The van der Waals surface area contributed by atoms with Crippen LogP contribution < -0.4 is 5.32 Å². The zero-order valence-electron chi connectivity index (χ0n) is 9.93. The summed E-state index contributed by atoms with van der Waals surface area (Å²) in [6.45, 7) is 5.62. The van der Waals surface area contributed by atoms with E-state index in [9.17, 15) is 13.6 Å². The van der Waals surface area contributed by atoms with Crippen LogP contribution in [0.15, 0.2) is 0 Å². The highest BCUT2D eigenvalue weighted by molar-refractivity contribution is 5.83. The van der Waals surface area contributed by atoms with Crippen molar-refractivity contribution in [2.24, 2.45) is 11.8 Å². The molecule has 0 aromatic carbocycles. The largest absolute Gasteiger partial charge is 0.379 e. The number of hydrogen-bond donors (Lipinski definition) is 1. The van der Waals surface area contributed by atoms with Crippen LogP contribution in [0.25, 0.3) is 0 Å². The van der Waals surface area contributed by atoms with Gasteiger partial charge in [-0.25, -0.2) is 0 Å². The Morgan fingerprint density at radius 3 is 2.62 bits per heavy atom. The highest BCUT2D eigenvalue weighted by atomic mass is 19.3. The number of rotatable bonds is 3. The first kappa shape index (κ1) is 13.4. The quantitative estimate of drug-likeness (QED) is 0.810. The Morgan fingerprint density at radius 2 is 2.12 bits per heavy atom. The van der Waals surface area contributed by atoms with Crippen molar-refractivity contribution >= 4 is 5.91 Å². The number of nitrogens with one attached hydrogen (secondary N) is 1. The molecule has 1 aliphatic rings. The van der Waals surface area contributed by atoms with E-state index >= 15 is 0 Å². The van der Waals surface area contributed by atoms with Gasteiger partial charge < -0.3 is 10.1 Å². The van der Waals surface area contributed by atoms with Crippen LogP contribution in [0.3, 0.4) is 0 Å². The number of carbonyl (C=O) groups is 1. The molecule has 0 bridgehead atoms. The fraction of sp³-hybridized carbons (Fsp3) is 0.909. The van der Waals surface area contributed by atoms with E-state index in [2.05, 4.69) is 5.32 Å². The van der Waals surface area contributed by atoms with Gasteiger partial charge in [0, 0.05) is 13.5 Å². The van der Waals surface area contributed by atoms with Crippen molar-refractivity contribution in [3.05, 3.63) is 0 Å². The Balaban J connectivity index is 2.60. The minimum absolute atomic E-state index is 0.208. The van der Waals surface area contributed by atoms with Crippen molar-refractivity contribution in [2.75, 3.05) is 13.2 Å². The van der Waals surface area contributed by atoms with Gasteiger partial charge in [0.15, 0.2) is 0 Å². The van der Waals surface area contributed by atoms with Crippen LogP contribution in [0, 0.1) is 11.8 Å². The predicted molar refractivity (Wildman–Crippen MR) is 56.3 cm³/mol. The smallest absolute Gasteiger partial charge is 0.321 e. The van der Waals surface area contributed by atoms with E-state index in [-0.39, 0.29) is 12.0 Å². The van der Waals surface area contributed by atoms with Crippen molar-refractivity contribution in [3.63, 3.8) is 0 Å². The summed E-state index contributed by atoms with van der Waals surface area (Å²) in [5, 5.41) is 2.38. The Morgan fingerprint density at radius 1 is 1.50 bits per heavy atom. The molecule has 0 aliphatic carbocycles. The van der Waals surface area contributed by atoms with E-state index in [4.69, 9.17) is 4.74 Å². The van der Waals surface area contributed by atoms with Gasteiger partial charge in [-0.15, -0.1) is 0 Å².